The fraction of sp³-hybridized carbons (Fsp3) is 0.250. The molecule has 0 spiro atoms. The molecule has 0 unspecified atom stereocenters. The van der Waals surface area contributed by atoms with E-state index in [0.29, 0.717) is 10.7 Å². The fourth-order valence-corrected chi connectivity index (χ4v) is 5.09. The van der Waals surface area contributed by atoms with E-state index in [4.69, 9.17) is 17.0 Å². The lowest BCUT2D eigenvalue weighted by Crippen LogP contribution is -2.50. The molecule has 1 N–H and O–H groups in total. The number of hydrogen-bond donors (Lipinski definition) is 1. The van der Waals surface area contributed by atoms with Gasteiger partial charge in [0.15, 0.2) is 5.11 Å². The van der Waals surface area contributed by atoms with Gasteiger partial charge in [0.25, 0.3) is 0 Å². The SMILES string of the molecule is COC(=O)c1cc(Cc2ccccc2)sc1NC(=S)N1CCN(c2ccccc2)CC1. The summed E-state index contributed by atoms with van der Waals surface area (Å²) in [7, 11) is 1.40. The summed E-state index contributed by atoms with van der Waals surface area (Å²) in [6.07, 6.45) is 0.764. The molecular weight excluding hydrogens is 426 g/mol. The number of anilines is 2. The summed E-state index contributed by atoms with van der Waals surface area (Å²) in [5, 5.41) is 4.70. The van der Waals surface area contributed by atoms with E-state index in [0.717, 1.165) is 42.5 Å². The Morgan fingerprint density at radius 2 is 1.68 bits per heavy atom. The van der Waals surface area contributed by atoms with Gasteiger partial charge in [-0.05, 0) is 36.0 Å². The van der Waals surface area contributed by atoms with E-state index in [1.165, 1.54) is 18.4 Å². The lowest BCUT2D eigenvalue weighted by molar-refractivity contribution is 0.0602. The summed E-state index contributed by atoms with van der Waals surface area (Å²) in [6.45, 7) is 3.46. The van der Waals surface area contributed by atoms with Crippen LogP contribution in [0.4, 0.5) is 10.7 Å². The highest BCUT2D eigenvalue weighted by molar-refractivity contribution is 7.80. The number of nitrogens with one attached hydrogen (secondary N) is 1. The zero-order valence-corrected chi connectivity index (χ0v) is 19.0. The first-order valence-electron chi connectivity index (χ1n) is 10.2. The van der Waals surface area contributed by atoms with Crippen molar-refractivity contribution in [3.63, 3.8) is 0 Å². The van der Waals surface area contributed by atoms with Crippen LogP contribution in [-0.4, -0.2) is 49.3 Å². The number of benzene rings is 2. The lowest BCUT2D eigenvalue weighted by Gasteiger charge is -2.37. The Hall–Kier alpha value is -2.90. The molecule has 1 aliphatic rings. The van der Waals surface area contributed by atoms with Crippen molar-refractivity contribution in [2.24, 2.45) is 0 Å². The number of carbonyl (C=O) groups excluding carboxylic acids is 1. The van der Waals surface area contributed by atoms with Crippen molar-refractivity contribution in [1.82, 2.24) is 4.90 Å². The number of thiocarbonyl (C=S) groups is 1. The van der Waals surface area contributed by atoms with Gasteiger partial charge in [-0.25, -0.2) is 4.79 Å². The largest absolute Gasteiger partial charge is 0.465 e. The van der Waals surface area contributed by atoms with Crippen molar-refractivity contribution in [2.75, 3.05) is 43.5 Å². The number of para-hydroxylation sites is 1. The predicted molar refractivity (Wildman–Crippen MR) is 131 cm³/mol. The van der Waals surface area contributed by atoms with Crippen LogP contribution in [0.15, 0.2) is 66.7 Å². The van der Waals surface area contributed by atoms with Crippen molar-refractivity contribution < 1.29 is 9.53 Å². The molecule has 1 aromatic heterocycles. The second-order valence-electron chi connectivity index (χ2n) is 7.35. The van der Waals surface area contributed by atoms with Crippen molar-refractivity contribution in [2.45, 2.75) is 6.42 Å². The quantitative estimate of drug-likeness (QED) is 0.450. The van der Waals surface area contributed by atoms with Crippen molar-refractivity contribution in [3.8, 4) is 0 Å². The number of rotatable bonds is 5. The molecule has 0 bridgehead atoms. The molecule has 31 heavy (non-hydrogen) atoms. The average molecular weight is 452 g/mol. The van der Waals surface area contributed by atoms with Crippen LogP contribution in [0, 0.1) is 0 Å². The molecular formula is C24H25N3O2S2. The number of ether oxygens (including phenoxy) is 1. The predicted octanol–water partition coefficient (Wildman–Crippen LogP) is 4.64. The minimum Gasteiger partial charge on any atom is -0.465 e. The molecule has 0 radical (unpaired) electrons. The van der Waals surface area contributed by atoms with Gasteiger partial charge < -0.3 is 19.9 Å². The van der Waals surface area contributed by atoms with Crippen LogP contribution in [-0.2, 0) is 11.2 Å². The van der Waals surface area contributed by atoms with Crippen LogP contribution in [0.5, 0.6) is 0 Å². The smallest absolute Gasteiger partial charge is 0.340 e. The van der Waals surface area contributed by atoms with Gasteiger partial charge in [0.05, 0.1) is 12.7 Å². The fourth-order valence-electron chi connectivity index (χ4n) is 3.66. The highest BCUT2D eigenvalue weighted by Gasteiger charge is 2.22. The highest BCUT2D eigenvalue weighted by atomic mass is 32.1. The molecule has 1 fully saturated rings. The molecule has 2 aromatic carbocycles. The lowest BCUT2D eigenvalue weighted by atomic mass is 10.1. The Balaban J connectivity index is 1.43. The maximum absolute atomic E-state index is 12.3. The second-order valence-corrected chi connectivity index (χ2v) is 8.87. The van der Waals surface area contributed by atoms with Crippen LogP contribution in [0.2, 0.25) is 0 Å². The van der Waals surface area contributed by atoms with Gasteiger partial charge in [-0.3, -0.25) is 0 Å². The van der Waals surface area contributed by atoms with E-state index < -0.39 is 0 Å². The second kappa shape index (κ2) is 9.94. The Morgan fingerprint density at radius 1 is 1.03 bits per heavy atom. The highest BCUT2D eigenvalue weighted by Crippen LogP contribution is 2.31. The topological polar surface area (TPSA) is 44.8 Å². The van der Waals surface area contributed by atoms with E-state index in [1.54, 1.807) is 11.3 Å². The van der Waals surface area contributed by atoms with E-state index >= 15 is 0 Å². The van der Waals surface area contributed by atoms with Gasteiger partial charge in [-0.1, -0.05) is 48.5 Å². The Bertz CT molecular complexity index is 1030. The van der Waals surface area contributed by atoms with Gasteiger partial charge in [-0.2, -0.15) is 0 Å². The van der Waals surface area contributed by atoms with Crippen molar-refractivity contribution in [3.05, 3.63) is 82.7 Å². The Morgan fingerprint density at radius 3 is 2.32 bits per heavy atom. The number of carbonyl (C=O) groups is 1. The summed E-state index contributed by atoms with van der Waals surface area (Å²) < 4.78 is 4.99. The van der Waals surface area contributed by atoms with Crippen molar-refractivity contribution in [1.29, 1.82) is 0 Å². The van der Waals surface area contributed by atoms with Crippen molar-refractivity contribution >= 4 is 45.3 Å². The minimum atomic E-state index is -0.352. The number of nitrogens with zero attached hydrogens (tertiary/aromatic N) is 2. The van der Waals surface area contributed by atoms with Crippen LogP contribution < -0.4 is 10.2 Å². The van der Waals surface area contributed by atoms with Crippen LogP contribution in [0.1, 0.15) is 20.8 Å². The molecule has 160 valence electrons. The van der Waals surface area contributed by atoms with Gasteiger partial charge in [0.2, 0.25) is 0 Å². The zero-order valence-electron chi connectivity index (χ0n) is 17.4. The zero-order chi connectivity index (χ0) is 21.6. The molecule has 0 saturated carbocycles. The average Bonchev–Trinajstić information content (AvgIpc) is 3.21. The minimum absolute atomic E-state index is 0.352. The summed E-state index contributed by atoms with van der Waals surface area (Å²) in [4.78, 5) is 17.9. The molecule has 2 heterocycles. The summed E-state index contributed by atoms with van der Waals surface area (Å²) >= 11 is 7.23. The number of piperazine rings is 1. The molecule has 1 saturated heterocycles. The summed E-state index contributed by atoms with van der Waals surface area (Å²) in [6, 6.07) is 22.5. The molecule has 5 nitrogen and oxygen atoms in total. The Kier molecular flexibility index (Phi) is 6.84. The maximum atomic E-state index is 12.3. The third kappa shape index (κ3) is 5.24. The van der Waals surface area contributed by atoms with Crippen LogP contribution >= 0.6 is 23.6 Å². The van der Waals surface area contributed by atoms with E-state index in [9.17, 15) is 4.79 Å². The summed E-state index contributed by atoms with van der Waals surface area (Å²) in [5.74, 6) is -0.352. The maximum Gasteiger partial charge on any atom is 0.340 e. The number of esters is 1. The number of methoxy groups -OCH3 is 1. The van der Waals surface area contributed by atoms with E-state index in [2.05, 4.69) is 51.5 Å². The first-order chi connectivity index (χ1) is 15.1. The first-order valence-corrected chi connectivity index (χ1v) is 11.5. The standard InChI is InChI=1S/C24H25N3O2S2/c1-29-23(28)21-17-20(16-18-8-4-2-5-9-18)31-22(21)25-24(30)27-14-12-26(13-15-27)19-10-6-3-7-11-19/h2-11,17H,12-16H2,1H3,(H,25,30). The van der Waals surface area contributed by atoms with Gasteiger partial charge in [-0.15, -0.1) is 11.3 Å². The van der Waals surface area contributed by atoms with Gasteiger partial charge in [0.1, 0.15) is 5.00 Å². The number of thiophene rings is 1. The van der Waals surface area contributed by atoms with Gasteiger partial charge >= 0.3 is 5.97 Å². The Labute approximate surface area is 192 Å². The molecule has 0 atom stereocenters. The molecule has 1 aliphatic heterocycles. The first kappa shape index (κ1) is 21.3. The third-order valence-electron chi connectivity index (χ3n) is 5.32. The third-order valence-corrected chi connectivity index (χ3v) is 6.73. The van der Waals surface area contributed by atoms with Gasteiger partial charge in [0, 0.05) is 43.2 Å². The summed E-state index contributed by atoms with van der Waals surface area (Å²) in [5.41, 5.74) is 2.97. The monoisotopic (exact) mass is 451 g/mol. The molecule has 0 amide bonds. The molecule has 4 rings (SSSR count). The van der Waals surface area contributed by atoms with Crippen LogP contribution in [0.25, 0.3) is 0 Å². The van der Waals surface area contributed by atoms with E-state index in [-0.39, 0.29) is 5.97 Å². The molecule has 7 heteroatoms. The number of hydrogen-bond acceptors (Lipinski definition) is 5. The van der Waals surface area contributed by atoms with E-state index in [1.807, 2.05) is 30.3 Å². The molecule has 3 aromatic rings. The molecule has 0 aliphatic carbocycles. The van der Waals surface area contributed by atoms with Crippen LogP contribution in [0.3, 0.4) is 0 Å². The normalized spacial score (nSPS) is 13.7.